The lowest BCUT2D eigenvalue weighted by molar-refractivity contribution is -0.143. The highest BCUT2D eigenvalue weighted by atomic mass is 127. The standard InChI is InChI=1S/C47H47BF6INO7Si/c1-27(18-28-19-37(55)42(57)39(20-28)61-5)16-17-38-40-29(26-62-64(45(2,3)4,33-12-8-6-9-13-33)34-14-10-7-11-15-34)21-35-41(36(40)25-48(60)63-38)44(59)56(43(35)58)32-23-30(46(49,50)51)22-31(24-32)47(52,53)54/h6-15,18-20,22-24,35-36,38,41,57,60H,16-17,21,25-26H2,1-5H3/b27-18+/t35-,36+,38-,41-/m1/s1. The number of imide groups is 1. The van der Waals surface area contributed by atoms with Gasteiger partial charge in [-0.1, -0.05) is 93.1 Å². The number of carbonyl (C=O) groups is 2. The van der Waals surface area contributed by atoms with Crippen LogP contribution in [0.5, 0.6) is 11.5 Å². The van der Waals surface area contributed by atoms with Crippen LogP contribution in [0.4, 0.5) is 32.0 Å². The quantitative estimate of drug-likeness (QED) is 0.0507. The maximum absolute atomic E-state index is 14.6. The summed E-state index contributed by atoms with van der Waals surface area (Å²) in [5.74, 6) is -4.83. The van der Waals surface area contributed by atoms with Gasteiger partial charge in [-0.25, -0.2) is 4.90 Å². The van der Waals surface area contributed by atoms with E-state index in [1.807, 2.05) is 96.3 Å². The van der Waals surface area contributed by atoms with E-state index >= 15 is 0 Å². The highest BCUT2D eigenvalue weighted by Gasteiger charge is 2.59. The molecule has 64 heavy (non-hydrogen) atoms. The average molecular weight is 1020 g/mol. The molecular weight excluding hydrogens is 970 g/mol. The second-order valence-corrected chi connectivity index (χ2v) is 23.1. The summed E-state index contributed by atoms with van der Waals surface area (Å²) in [5.41, 5.74) is -1.24. The minimum absolute atomic E-state index is 0.0104. The molecule has 2 fully saturated rings. The number of alkyl halides is 6. The molecule has 338 valence electrons. The van der Waals surface area contributed by atoms with Crippen molar-refractivity contribution in [1.82, 2.24) is 0 Å². The van der Waals surface area contributed by atoms with Crippen LogP contribution in [-0.4, -0.2) is 57.2 Å². The first-order valence-electron chi connectivity index (χ1n) is 20.8. The molecule has 4 aromatic rings. The number of aromatic hydroxyl groups is 1. The first kappa shape index (κ1) is 47.5. The van der Waals surface area contributed by atoms with Crippen LogP contribution in [0.3, 0.4) is 0 Å². The fourth-order valence-electron chi connectivity index (χ4n) is 9.72. The molecule has 2 amide bonds. The Morgan fingerprint density at radius 2 is 1.47 bits per heavy atom. The van der Waals surface area contributed by atoms with Crippen molar-refractivity contribution in [1.29, 1.82) is 0 Å². The number of anilines is 1. The van der Waals surface area contributed by atoms with Crippen LogP contribution in [0.2, 0.25) is 11.4 Å². The number of phenols is 1. The Balaban J connectivity index is 1.33. The predicted molar refractivity (Wildman–Crippen MR) is 243 cm³/mol. The predicted octanol–water partition coefficient (Wildman–Crippen LogP) is 9.80. The van der Waals surface area contributed by atoms with E-state index in [9.17, 15) is 46.1 Å². The number of fused-ring (bicyclic) bond motifs is 3. The second kappa shape index (κ2) is 18.1. The van der Waals surface area contributed by atoms with Crippen LogP contribution in [0.1, 0.15) is 63.6 Å². The SMILES string of the molecule is COc1cc(/C=C(\C)CC[C@H]2OB(O)C[C@H]3C2=C(CO[Si](c2ccccc2)(c2ccccc2)C(C)(C)C)C[C@H]2C(=O)N(c4cc(C(F)(F)F)cc(C(F)(F)F)c4)C(=O)[C@H]23)cc(I)c1O. The van der Waals surface area contributed by atoms with Crippen molar-refractivity contribution in [3.05, 3.63) is 128 Å². The molecule has 7 rings (SSSR count). The summed E-state index contributed by atoms with van der Waals surface area (Å²) in [5, 5.41) is 23.2. The van der Waals surface area contributed by atoms with E-state index in [0.717, 1.165) is 21.5 Å². The van der Waals surface area contributed by atoms with Crippen LogP contribution < -0.4 is 20.0 Å². The molecule has 2 aliphatic heterocycles. The van der Waals surface area contributed by atoms with E-state index in [4.69, 9.17) is 13.8 Å². The van der Waals surface area contributed by atoms with Gasteiger partial charge in [0.1, 0.15) is 0 Å². The number of carbonyl (C=O) groups excluding carboxylic acids is 2. The molecule has 2 heterocycles. The van der Waals surface area contributed by atoms with Crippen molar-refractivity contribution >= 4 is 72.0 Å². The molecule has 0 unspecified atom stereocenters. The maximum atomic E-state index is 14.6. The Labute approximate surface area is 382 Å². The largest absolute Gasteiger partial charge is 0.504 e. The summed E-state index contributed by atoms with van der Waals surface area (Å²) < 4.78 is 104. The fourth-order valence-corrected chi connectivity index (χ4v) is 14.9. The Kier molecular flexibility index (Phi) is 13.4. The molecule has 2 saturated heterocycles. The van der Waals surface area contributed by atoms with Crippen molar-refractivity contribution in [2.75, 3.05) is 18.6 Å². The number of nitrogens with zero attached hydrogens (tertiary/aromatic N) is 1. The lowest BCUT2D eigenvalue weighted by Gasteiger charge is -2.46. The molecule has 0 radical (unpaired) electrons. The number of phenolic OH excluding ortho intramolecular Hbond substituents is 1. The zero-order valence-corrected chi connectivity index (χ0v) is 38.8. The molecule has 2 N–H and O–H groups in total. The Morgan fingerprint density at radius 3 is 2.00 bits per heavy atom. The van der Waals surface area contributed by atoms with E-state index in [2.05, 4.69) is 20.8 Å². The topological polar surface area (TPSA) is 106 Å². The number of halogens is 7. The van der Waals surface area contributed by atoms with Gasteiger partial charge in [-0.05, 0) is 123 Å². The highest BCUT2D eigenvalue weighted by Crippen LogP contribution is 2.53. The van der Waals surface area contributed by atoms with Crippen molar-refractivity contribution < 1.29 is 59.9 Å². The first-order chi connectivity index (χ1) is 30.0. The van der Waals surface area contributed by atoms with Crippen molar-refractivity contribution in [3.63, 3.8) is 0 Å². The summed E-state index contributed by atoms with van der Waals surface area (Å²) in [6.45, 7) is 8.16. The third kappa shape index (κ3) is 9.19. The van der Waals surface area contributed by atoms with Gasteiger partial charge in [-0.15, -0.1) is 0 Å². The third-order valence-electron chi connectivity index (χ3n) is 12.5. The monoisotopic (exact) mass is 1020 g/mol. The van der Waals surface area contributed by atoms with Gasteiger partial charge >= 0.3 is 19.5 Å². The molecule has 4 atom stereocenters. The second-order valence-electron chi connectivity index (χ2n) is 17.6. The average Bonchev–Trinajstić information content (AvgIpc) is 3.48. The van der Waals surface area contributed by atoms with E-state index < -0.39 is 85.3 Å². The minimum atomic E-state index is -5.22. The first-order valence-corrected chi connectivity index (χ1v) is 23.7. The minimum Gasteiger partial charge on any atom is -0.504 e. The molecule has 0 saturated carbocycles. The van der Waals surface area contributed by atoms with Crippen LogP contribution in [0.25, 0.3) is 6.08 Å². The van der Waals surface area contributed by atoms with Crippen LogP contribution in [0.15, 0.2) is 108 Å². The van der Waals surface area contributed by atoms with E-state index in [1.54, 1.807) is 12.1 Å². The van der Waals surface area contributed by atoms with Gasteiger partial charge in [0.2, 0.25) is 11.8 Å². The van der Waals surface area contributed by atoms with E-state index in [1.165, 1.54) is 7.11 Å². The number of ether oxygens (including phenoxy) is 1. The Bertz CT molecular complexity index is 2410. The Hall–Kier alpha value is -4.43. The Morgan fingerprint density at radius 1 is 0.891 bits per heavy atom. The molecule has 17 heteroatoms. The van der Waals surface area contributed by atoms with Gasteiger partial charge in [-0.2, -0.15) is 26.3 Å². The molecule has 0 spiro atoms. The summed E-state index contributed by atoms with van der Waals surface area (Å²) >= 11 is 2.01. The lowest BCUT2D eigenvalue weighted by Crippen LogP contribution is -2.66. The number of hydrogen-bond acceptors (Lipinski definition) is 7. The van der Waals surface area contributed by atoms with E-state index in [-0.39, 0.29) is 31.2 Å². The molecule has 3 aliphatic rings. The number of amides is 2. The lowest BCUT2D eigenvalue weighted by atomic mass is 9.58. The van der Waals surface area contributed by atoms with Crippen LogP contribution >= 0.6 is 22.6 Å². The molecule has 0 bridgehead atoms. The molecule has 4 aromatic carbocycles. The van der Waals surface area contributed by atoms with Crippen molar-refractivity contribution in [2.45, 2.75) is 76.8 Å². The van der Waals surface area contributed by atoms with Crippen LogP contribution in [-0.2, 0) is 31.0 Å². The van der Waals surface area contributed by atoms with Gasteiger partial charge in [0.25, 0.3) is 8.32 Å². The normalized spacial score (nSPS) is 21.0. The van der Waals surface area contributed by atoms with E-state index in [0.29, 0.717) is 50.3 Å². The van der Waals surface area contributed by atoms with Gasteiger partial charge in [-0.3, -0.25) is 9.59 Å². The summed E-state index contributed by atoms with van der Waals surface area (Å²) in [4.78, 5) is 29.5. The summed E-state index contributed by atoms with van der Waals surface area (Å²) in [6, 6.07) is 23.9. The molecular formula is C47H47BF6INO7Si. The zero-order valence-electron chi connectivity index (χ0n) is 35.7. The number of benzene rings is 4. The van der Waals surface area contributed by atoms with Gasteiger partial charge in [0, 0.05) is 0 Å². The van der Waals surface area contributed by atoms with Gasteiger partial charge in [0.05, 0.1) is 52.0 Å². The zero-order chi connectivity index (χ0) is 46.5. The molecule has 8 nitrogen and oxygen atoms in total. The van der Waals surface area contributed by atoms with Gasteiger partial charge < -0.3 is 23.9 Å². The van der Waals surface area contributed by atoms with Crippen molar-refractivity contribution in [3.8, 4) is 11.5 Å². The van der Waals surface area contributed by atoms with Crippen molar-refractivity contribution in [2.24, 2.45) is 17.8 Å². The molecule has 1 aliphatic carbocycles. The fraction of sp³-hybridized carbons (Fsp3) is 0.362. The molecule has 0 aromatic heterocycles. The summed E-state index contributed by atoms with van der Waals surface area (Å²) in [7, 11) is -3.20. The number of hydrogen-bond donors (Lipinski definition) is 2. The number of allylic oxidation sites excluding steroid dienone is 1. The summed E-state index contributed by atoms with van der Waals surface area (Å²) in [6.07, 6.45) is -8.84. The number of rotatable bonds is 11. The van der Waals surface area contributed by atoms with Crippen LogP contribution in [0, 0.1) is 21.3 Å². The van der Waals surface area contributed by atoms with Gasteiger partial charge in [0.15, 0.2) is 11.5 Å². The number of methoxy groups -OCH3 is 1. The maximum Gasteiger partial charge on any atom is 0.455 e. The third-order valence-corrected chi connectivity index (χ3v) is 18.3. The highest BCUT2D eigenvalue weighted by molar-refractivity contribution is 14.1. The smallest absolute Gasteiger partial charge is 0.455 e.